The number of rotatable bonds is 7. The number of amides is 1. The number of nitrogens with zero attached hydrogens (tertiary/aromatic N) is 2. The minimum Gasteiger partial charge on any atom is -0.368 e. The van der Waals surface area contributed by atoms with Gasteiger partial charge in [0, 0.05) is 36.8 Å². The number of nitrogens with two attached hydrogens (primary N) is 1. The van der Waals surface area contributed by atoms with E-state index in [4.69, 9.17) is 15.7 Å². The molecule has 4 rings (SSSR count). The van der Waals surface area contributed by atoms with Crippen LogP contribution in [-0.4, -0.2) is 40.0 Å². The highest BCUT2D eigenvalue weighted by molar-refractivity contribution is 5.92. The minimum absolute atomic E-state index is 0.0747. The number of aryl methyl sites for hydroxylation is 2. The number of carbonyl (C=O) groups excluding carboxylic acids is 1. The fourth-order valence-electron chi connectivity index (χ4n) is 4.22. The van der Waals surface area contributed by atoms with Gasteiger partial charge < -0.3 is 21.4 Å². The van der Waals surface area contributed by atoms with E-state index < -0.39 is 0 Å². The number of aromatic nitrogens is 3. The van der Waals surface area contributed by atoms with Crippen molar-refractivity contribution >= 4 is 22.8 Å². The monoisotopic (exact) mass is 406 g/mol. The van der Waals surface area contributed by atoms with Gasteiger partial charge in [0.1, 0.15) is 11.5 Å². The van der Waals surface area contributed by atoms with E-state index in [0.717, 1.165) is 52.9 Å². The Kier molecular flexibility index (Phi) is 5.99. The number of nitrogens with one attached hydrogen (secondary N) is 3. The molecule has 2 heterocycles. The summed E-state index contributed by atoms with van der Waals surface area (Å²) in [7, 11) is 0. The smallest absolute Gasteiger partial charge is 0.220 e. The van der Waals surface area contributed by atoms with Gasteiger partial charge in [-0.1, -0.05) is 36.8 Å². The van der Waals surface area contributed by atoms with Gasteiger partial charge in [-0.2, -0.15) is 0 Å². The Morgan fingerprint density at radius 2 is 1.97 bits per heavy atom. The van der Waals surface area contributed by atoms with Crippen molar-refractivity contribution in [3.8, 4) is 11.4 Å². The van der Waals surface area contributed by atoms with E-state index in [1.165, 1.54) is 0 Å². The largest absolute Gasteiger partial charge is 0.368 e. The summed E-state index contributed by atoms with van der Waals surface area (Å²) in [6.07, 6.45) is 3.74. The molecule has 1 aliphatic carbocycles. The lowest BCUT2D eigenvalue weighted by molar-refractivity contribution is -0.122. The number of benzene rings is 1. The Hall–Kier alpha value is -2.93. The van der Waals surface area contributed by atoms with Gasteiger partial charge in [0.25, 0.3) is 0 Å². The van der Waals surface area contributed by atoms with Crippen LogP contribution in [0.3, 0.4) is 0 Å². The normalized spacial score (nSPS) is 18.6. The molecule has 1 aliphatic rings. The summed E-state index contributed by atoms with van der Waals surface area (Å²) in [5.74, 6) is 1.85. The van der Waals surface area contributed by atoms with Gasteiger partial charge in [-0.15, -0.1) is 0 Å². The second kappa shape index (κ2) is 8.83. The summed E-state index contributed by atoms with van der Waals surface area (Å²) >= 11 is 0. The number of H-pyrrole nitrogens is 1. The second-order valence-corrected chi connectivity index (χ2v) is 8.20. The molecule has 1 fully saturated rings. The molecule has 0 aliphatic heterocycles. The molecule has 7 nitrogen and oxygen atoms in total. The zero-order valence-electron chi connectivity index (χ0n) is 17.7. The topological polar surface area (TPSA) is 109 Å². The van der Waals surface area contributed by atoms with Crippen molar-refractivity contribution in [3.63, 3.8) is 0 Å². The van der Waals surface area contributed by atoms with E-state index in [9.17, 15) is 4.79 Å². The molecule has 2 unspecified atom stereocenters. The SMILES string of the molecule is Cc1[nH]c2nc(-c3ccccc3)nc(NCCNC(=O)CC3CCCC3N)c2c1C. The molecule has 0 saturated heterocycles. The van der Waals surface area contributed by atoms with Crippen LogP contribution in [0.1, 0.15) is 36.9 Å². The van der Waals surface area contributed by atoms with E-state index in [1.807, 2.05) is 37.3 Å². The van der Waals surface area contributed by atoms with Crippen LogP contribution < -0.4 is 16.4 Å². The van der Waals surface area contributed by atoms with Gasteiger partial charge >= 0.3 is 0 Å². The Morgan fingerprint density at radius 1 is 1.17 bits per heavy atom. The first kappa shape index (κ1) is 20.3. The molecule has 0 spiro atoms. The lowest BCUT2D eigenvalue weighted by Crippen LogP contribution is -2.33. The molecule has 2 atom stereocenters. The number of hydrogen-bond donors (Lipinski definition) is 4. The third-order valence-corrected chi connectivity index (χ3v) is 6.09. The molecule has 0 radical (unpaired) electrons. The van der Waals surface area contributed by atoms with E-state index in [-0.39, 0.29) is 11.9 Å². The molecular formula is C23H30N6O. The molecule has 2 aromatic heterocycles. The summed E-state index contributed by atoms with van der Waals surface area (Å²) in [6.45, 7) is 5.23. The molecule has 1 saturated carbocycles. The highest BCUT2D eigenvalue weighted by atomic mass is 16.1. The standard InChI is InChI=1S/C23H30N6O/c1-14-15(2)27-23-20(14)22(28-21(29-23)16-7-4-3-5-8-16)26-12-11-25-19(30)13-17-9-6-10-18(17)24/h3-5,7-8,17-18H,6,9-13,24H2,1-2H3,(H,25,30)(H2,26,27,28,29). The second-order valence-electron chi connectivity index (χ2n) is 8.20. The van der Waals surface area contributed by atoms with Crippen molar-refractivity contribution in [1.82, 2.24) is 20.3 Å². The summed E-state index contributed by atoms with van der Waals surface area (Å²) in [4.78, 5) is 25.1. The average molecular weight is 407 g/mol. The van der Waals surface area contributed by atoms with Gasteiger partial charge in [-0.3, -0.25) is 4.79 Å². The third-order valence-electron chi connectivity index (χ3n) is 6.09. The zero-order chi connectivity index (χ0) is 21.1. The Bertz CT molecular complexity index is 1030. The Morgan fingerprint density at radius 3 is 2.70 bits per heavy atom. The molecule has 158 valence electrons. The van der Waals surface area contributed by atoms with Gasteiger partial charge in [0.15, 0.2) is 5.82 Å². The van der Waals surface area contributed by atoms with Crippen LogP contribution in [0.25, 0.3) is 22.4 Å². The van der Waals surface area contributed by atoms with Crippen LogP contribution in [0.15, 0.2) is 30.3 Å². The summed E-state index contributed by atoms with van der Waals surface area (Å²) < 4.78 is 0. The molecule has 30 heavy (non-hydrogen) atoms. The van der Waals surface area contributed by atoms with Crippen LogP contribution in [-0.2, 0) is 4.79 Å². The molecule has 1 aromatic carbocycles. The molecule has 5 N–H and O–H groups in total. The third kappa shape index (κ3) is 4.31. The Labute approximate surface area is 176 Å². The van der Waals surface area contributed by atoms with Crippen LogP contribution in [0.5, 0.6) is 0 Å². The highest BCUT2D eigenvalue weighted by Gasteiger charge is 2.25. The van der Waals surface area contributed by atoms with E-state index in [1.54, 1.807) is 0 Å². The molecule has 3 aromatic rings. The van der Waals surface area contributed by atoms with Gasteiger partial charge in [-0.05, 0) is 38.2 Å². The predicted octanol–water partition coefficient (Wildman–Crippen LogP) is 3.29. The Balaban J connectivity index is 1.44. The quantitative estimate of drug-likeness (QED) is 0.450. The van der Waals surface area contributed by atoms with Crippen molar-refractivity contribution < 1.29 is 4.79 Å². The van der Waals surface area contributed by atoms with Crippen molar-refractivity contribution in [2.75, 3.05) is 18.4 Å². The summed E-state index contributed by atoms with van der Waals surface area (Å²) in [5, 5.41) is 7.40. The first-order valence-electron chi connectivity index (χ1n) is 10.7. The van der Waals surface area contributed by atoms with Crippen molar-refractivity contribution in [3.05, 3.63) is 41.6 Å². The molecule has 0 bridgehead atoms. The fraction of sp³-hybridized carbons (Fsp3) is 0.435. The van der Waals surface area contributed by atoms with E-state index in [0.29, 0.717) is 31.3 Å². The maximum absolute atomic E-state index is 12.2. The molecular weight excluding hydrogens is 376 g/mol. The van der Waals surface area contributed by atoms with E-state index in [2.05, 4.69) is 22.5 Å². The van der Waals surface area contributed by atoms with Crippen LogP contribution >= 0.6 is 0 Å². The minimum atomic E-state index is 0.0747. The van der Waals surface area contributed by atoms with Gasteiger partial charge in [0.2, 0.25) is 5.91 Å². The van der Waals surface area contributed by atoms with Gasteiger partial charge in [-0.25, -0.2) is 9.97 Å². The number of carbonyl (C=O) groups is 1. The number of anilines is 1. The van der Waals surface area contributed by atoms with Crippen molar-refractivity contribution in [2.45, 2.75) is 45.6 Å². The summed E-state index contributed by atoms with van der Waals surface area (Å²) in [6, 6.07) is 10.1. The van der Waals surface area contributed by atoms with Crippen LogP contribution in [0.4, 0.5) is 5.82 Å². The van der Waals surface area contributed by atoms with E-state index >= 15 is 0 Å². The summed E-state index contributed by atoms with van der Waals surface area (Å²) in [5.41, 5.74) is 10.1. The molecule has 1 amide bonds. The number of fused-ring (bicyclic) bond motifs is 1. The first-order valence-corrected chi connectivity index (χ1v) is 10.7. The number of aromatic amines is 1. The number of hydrogen-bond acceptors (Lipinski definition) is 5. The van der Waals surface area contributed by atoms with Crippen LogP contribution in [0, 0.1) is 19.8 Å². The van der Waals surface area contributed by atoms with Crippen molar-refractivity contribution in [2.24, 2.45) is 11.7 Å². The highest BCUT2D eigenvalue weighted by Crippen LogP contribution is 2.29. The maximum Gasteiger partial charge on any atom is 0.220 e. The zero-order valence-corrected chi connectivity index (χ0v) is 17.7. The van der Waals surface area contributed by atoms with Crippen LogP contribution in [0.2, 0.25) is 0 Å². The van der Waals surface area contributed by atoms with Crippen molar-refractivity contribution in [1.29, 1.82) is 0 Å². The maximum atomic E-state index is 12.2. The average Bonchev–Trinajstić information content (AvgIpc) is 3.28. The first-order chi connectivity index (χ1) is 14.5. The lowest BCUT2D eigenvalue weighted by Gasteiger charge is -2.15. The fourth-order valence-corrected chi connectivity index (χ4v) is 4.22. The lowest BCUT2D eigenvalue weighted by atomic mass is 10.00. The molecule has 7 heteroatoms. The predicted molar refractivity (Wildman–Crippen MR) is 120 cm³/mol. The van der Waals surface area contributed by atoms with Gasteiger partial charge in [0.05, 0.1) is 5.39 Å².